The first-order valence-electron chi connectivity index (χ1n) is 4.74. The SMILES string of the molecule is C=C1CN([C@@H](C)c2ccccc2)C1=O. The number of carbonyl (C=O) groups excluding carboxylic acids is 1. The maximum absolute atomic E-state index is 11.4. The molecular formula is C12H13NO. The molecule has 0 aromatic heterocycles. The Kier molecular flexibility index (Phi) is 2.12. The molecule has 2 heteroatoms. The fourth-order valence-electron chi connectivity index (χ4n) is 1.68. The molecule has 0 radical (unpaired) electrons. The van der Waals surface area contributed by atoms with Crippen LogP contribution in [0, 0.1) is 0 Å². The Bertz CT molecular complexity index is 369. The topological polar surface area (TPSA) is 20.3 Å². The zero-order valence-electron chi connectivity index (χ0n) is 8.23. The smallest absolute Gasteiger partial charge is 0.251 e. The molecule has 1 atom stereocenters. The van der Waals surface area contributed by atoms with Gasteiger partial charge in [0.15, 0.2) is 0 Å². The van der Waals surface area contributed by atoms with E-state index in [-0.39, 0.29) is 11.9 Å². The molecule has 0 aliphatic carbocycles. The number of β-lactam (4-membered cyclic amide) rings is 1. The predicted octanol–water partition coefficient (Wildman–Crippen LogP) is 2.15. The average molecular weight is 187 g/mol. The van der Waals surface area contributed by atoms with Gasteiger partial charge in [0.25, 0.3) is 5.91 Å². The number of nitrogens with zero attached hydrogens (tertiary/aromatic N) is 1. The van der Waals surface area contributed by atoms with Crippen LogP contribution >= 0.6 is 0 Å². The summed E-state index contributed by atoms with van der Waals surface area (Å²) in [6.45, 7) is 6.42. The zero-order valence-corrected chi connectivity index (χ0v) is 8.23. The van der Waals surface area contributed by atoms with Gasteiger partial charge in [0.1, 0.15) is 0 Å². The number of benzene rings is 1. The van der Waals surface area contributed by atoms with Gasteiger partial charge >= 0.3 is 0 Å². The average Bonchev–Trinajstić information content (AvgIpc) is 2.25. The van der Waals surface area contributed by atoms with Crippen LogP contribution in [0.2, 0.25) is 0 Å². The van der Waals surface area contributed by atoms with Gasteiger partial charge in [-0.15, -0.1) is 0 Å². The molecule has 0 N–H and O–H groups in total. The van der Waals surface area contributed by atoms with E-state index in [0.29, 0.717) is 12.1 Å². The normalized spacial score (nSPS) is 17.9. The van der Waals surface area contributed by atoms with E-state index in [4.69, 9.17) is 0 Å². The van der Waals surface area contributed by atoms with Crippen molar-refractivity contribution < 1.29 is 4.79 Å². The van der Waals surface area contributed by atoms with Crippen LogP contribution in [0.4, 0.5) is 0 Å². The molecule has 1 fully saturated rings. The number of likely N-dealkylation sites (tertiary alicyclic amines) is 1. The summed E-state index contributed by atoms with van der Waals surface area (Å²) < 4.78 is 0. The van der Waals surface area contributed by atoms with Crippen molar-refractivity contribution in [2.45, 2.75) is 13.0 Å². The fraction of sp³-hybridized carbons (Fsp3) is 0.250. The molecule has 0 saturated carbocycles. The van der Waals surface area contributed by atoms with Gasteiger partial charge in [0.05, 0.1) is 12.6 Å². The highest BCUT2D eigenvalue weighted by molar-refractivity contribution is 5.99. The van der Waals surface area contributed by atoms with Gasteiger partial charge in [-0.2, -0.15) is 0 Å². The van der Waals surface area contributed by atoms with Crippen LogP contribution in [0.25, 0.3) is 0 Å². The minimum atomic E-state index is 0.0846. The molecule has 2 nitrogen and oxygen atoms in total. The Hall–Kier alpha value is -1.57. The fourth-order valence-corrected chi connectivity index (χ4v) is 1.68. The molecule has 1 heterocycles. The van der Waals surface area contributed by atoms with Gasteiger partial charge in [-0.05, 0) is 12.5 Å². The molecule has 14 heavy (non-hydrogen) atoms. The van der Waals surface area contributed by atoms with E-state index < -0.39 is 0 Å². The minimum Gasteiger partial charge on any atom is -0.328 e. The van der Waals surface area contributed by atoms with Gasteiger partial charge < -0.3 is 4.90 Å². The van der Waals surface area contributed by atoms with Gasteiger partial charge in [-0.3, -0.25) is 4.79 Å². The van der Waals surface area contributed by atoms with Crippen molar-refractivity contribution in [2.24, 2.45) is 0 Å². The van der Waals surface area contributed by atoms with Crippen molar-refractivity contribution in [1.82, 2.24) is 4.90 Å². The Morgan fingerprint density at radius 1 is 1.36 bits per heavy atom. The second-order valence-electron chi connectivity index (χ2n) is 3.62. The van der Waals surface area contributed by atoms with Crippen LogP contribution in [0.1, 0.15) is 18.5 Å². The maximum atomic E-state index is 11.4. The van der Waals surface area contributed by atoms with Gasteiger partial charge in [0.2, 0.25) is 0 Å². The second kappa shape index (κ2) is 3.29. The molecular weight excluding hydrogens is 174 g/mol. The lowest BCUT2D eigenvalue weighted by molar-refractivity contribution is -0.135. The van der Waals surface area contributed by atoms with E-state index in [1.807, 2.05) is 42.2 Å². The molecule has 1 aliphatic rings. The molecule has 1 aliphatic heterocycles. The van der Waals surface area contributed by atoms with E-state index in [1.165, 1.54) is 5.56 Å². The highest BCUT2D eigenvalue weighted by Gasteiger charge is 2.32. The lowest BCUT2D eigenvalue weighted by Gasteiger charge is -2.38. The van der Waals surface area contributed by atoms with Crippen LogP contribution < -0.4 is 0 Å². The predicted molar refractivity (Wildman–Crippen MR) is 55.7 cm³/mol. The highest BCUT2D eigenvalue weighted by atomic mass is 16.2. The first-order valence-corrected chi connectivity index (χ1v) is 4.74. The molecule has 1 aromatic rings. The minimum absolute atomic E-state index is 0.0846. The molecule has 0 unspecified atom stereocenters. The summed E-state index contributed by atoms with van der Waals surface area (Å²) in [5, 5.41) is 0. The van der Waals surface area contributed by atoms with Crippen LogP contribution in [0.3, 0.4) is 0 Å². The number of hydrogen-bond acceptors (Lipinski definition) is 1. The van der Waals surface area contributed by atoms with E-state index in [2.05, 4.69) is 6.58 Å². The number of hydrogen-bond donors (Lipinski definition) is 0. The second-order valence-corrected chi connectivity index (χ2v) is 3.62. The molecule has 2 rings (SSSR count). The third kappa shape index (κ3) is 1.33. The molecule has 0 bridgehead atoms. The molecule has 1 saturated heterocycles. The summed E-state index contributed by atoms with van der Waals surface area (Å²) in [7, 11) is 0. The van der Waals surface area contributed by atoms with E-state index in [9.17, 15) is 4.79 Å². The number of carbonyl (C=O) groups is 1. The van der Waals surface area contributed by atoms with Crippen molar-refractivity contribution >= 4 is 5.91 Å². The first kappa shape index (κ1) is 9.00. The third-order valence-electron chi connectivity index (χ3n) is 2.67. The lowest BCUT2D eigenvalue weighted by Crippen LogP contribution is -2.46. The van der Waals surface area contributed by atoms with Gasteiger partial charge in [-0.1, -0.05) is 36.9 Å². The van der Waals surface area contributed by atoms with E-state index in [0.717, 1.165) is 0 Å². The Labute approximate surface area is 83.8 Å². The summed E-state index contributed by atoms with van der Waals surface area (Å²) in [4.78, 5) is 13.2. The monoisotopic (exact) mass is 187 g/mol. The van der Waals surface area contributed by atoms with Crippen LogP contribution in [-0.4, -0.2) is 17.4 Å². The van der Waals surface area contributed by atoms with Crippen LogP contribution in [-0.2, 0) is 4.79 Å². The summed E-state index contributed by atoms with van der Waals surface area (Å²) in [6.07, 6.45) is 0. The van der Waals surface area contributed by atoms with Crippen LogP contribution in [0.5, 0.6) is 0 Å². The highest BCUT2D eigenvalue weighted by Crippen LogP contribution is 2.27. The molecule has 1 aromatic carbocycles. The maximum Gasteiger partial charge on any atom is 0.251 e. The number of amides is 1. The molecule has 72 valence electrons. The Morgan fingerprint density at radius 3 is 2.50 bits per heavy atom. The molecule has 1 amide bonds. The van der Waals surface area contributed by atoms with Crippen molar-refractivity contribution in [3.05, 3.63) is 48.0 Å². The standard InChI is InChI=1S/C12H13NO/c1-9-8-13(12(9)14)10(2)11-6-4-3-5-7-11/h3-7,10H,1,8H2,2H3/t10-/m0/s1. The zero-order chi connectivity index (χ0) is 10.1. The summed E-state index contributed by atoms with van der Waals surface area (Å²) in [6, 6.07) is 10.2. The lowest BCUT2D eigenvalue weighted by atomic mass is 10.0. The third-order valence-corrected chi connectivity index (χ3v) is 2.67. The Balaban J connectivity index is 2.14. The summed E-state index contributed by atoms with van der Waals surface area (Å²) in [5.41, 5.74) is 1.89. The van der Waals surface area contributed by atoms with Gasteiger partial charge in [-0.25, -0.2) is 0 Å². The summed E-state index contributed by atoms with van der Waals surface area (Å²) in [5.74, 6) is 0.0846. The van der Waals surface area contributed by atoms with Crippen molar-refractivity contribution in [3.63, 3.8) is 0 Å². The van der Waals surface area contributed by atoms with Gasteiger partial charge in [0, 0.05) is 5.57 Å². The van der Waals surface area contributed by atoms with E-state index >= 15 is 0 Å². The summed E-state index contributed by atoms with van der Waals surface area (Å²) >= 11 is 0. The quantitative estimate of drug-likeness (QED) is 0.513. The van der Waals surface area contributed by atoms with Crippen molar-refractivity contribution in [1.29, 1.82) is 0 Å². The first-order chi connectivity index (χ1) is 6.70. The van der Waals surface area contributed by atoms with Crippen molar-refractivity contribution in [2.75, 3.05) is 6.54 Å². The molecule has 0 spiro atoms. The number of rotatable bonds is 2. The van der Waals surface area contributed by atoms with Crippen LogP contribution in [0.15, 0.2) is 42.5 Å². The van der Waals surface area contributed by atoms with E-state index in [1.54, 1.807) is 0 Å². The largest absolute Gasteiger partial charge is 0.328 e. The van der Waals surface area contributed by atoms with Crippen molar-refractivity contribution in [3.8, 4) is 0 Å². The Morgan fingerprint density at radius 2 is 2.00 bits per heavy atom.